The fourth-order valence-electron chi connectivity index (χ4n) is 2.00. The maximum Gasteiger partial charge on any atom is 0.0687 e. The SMILES string of the molecule is CC/C(CO)=C(\CC)c1ccccc1CO. The summed E-state index contributed by atoms with van der Waals surface area (Å²) in [7, 11) is 0. The van der Waals surface area contributed by atoms with E-state index in [9.17, 15) is 10.2 Å². The quantitative estimate of drug-likeness (QED) is 0.801. The van der Waals surface area contributed by atoms with Crippen molar-refractivity contribution in [2.45, 2.75) is 33.3 Å². The minimum atomic E-state index is 0.0437. The molecule has 0 radical (unpaired) electrons. The van der Waals surface area contributed by atoms with Crippen LogP contribution in [0.5, 0.6) is 0 Å². The molecule has 0 aliphatic rings. The first kappa shape index (κ1) is 12.9. The summed E-state index contributed by atoms with van der Waals surface area (Å²) >= 11 is 0. The average Bonchev–Trinajstić information content (AvgIpc) is 2.35. The molecule has 2 N–H and O–H groups in total. The van der Waals surface area contributed by atoms with Gasteiger partial charge in [-0.1, -0.05) is 38.1 Å². The Morgan fingerprint density at radius 3 is 2.25 bits per heavy atom. The van der Waals surface area contributed by atoms with Crippen LogP contribution in [0.1, 0.15) is 37.8 Å². The van der Waals surface area contributed by atoms with Crippen LogP contribution in [0.2, 0.25) is 0 Å². The summed E-state index contributed by atoms with van der Waals surface area (Å²) in [5, 5.41) is 18.6. The Kier molecular flexibility index (Phi) is 5.23. The van der Waals surface area contributed by atoms with Crippen molar-refractivity contribution in [1.29, 1.82) is 0 Å². The van der Waals surface area contributed by atoms with Crippen LogP contribution in [-0.2, 0) is 6.61 Å². The van der Waals surface area contributed by atoms with Gasteiger partial charge in [0, 0.05) is 0 Å². The van der Waals surface area contributed by atoms with Crippen molar-refractivity contribution in [3.05, 3.63) is 41.0 Å². The van der Waals surface area contributed by atoms with Gasteiger partial charge in [-0.05, 0) is 35.1 Å². The fraction of sp³-hybridized carbons (Fsp3) is 0.429. The molecule has 2 nitrogen and oxygen atoms in total. The van der Waals surface area contributed by atoms with Crippen LogP contribution in [0.25, 0.3) is 5.57 Å². The molecule has 0 saturated heterocycles. The number of benzene rings is 1. The van der Waals surface area contributed by atoms with E-state index in [1.165, 1.54) is 0 Å². The molecule has 1 aromatic rings. The molecule has 0 unspecified atom stereocenters. The number of hydrogen-bond acceptors (Lipinski definition) is 2. The molecule has 88 valence electrons. The number of rotatable bonds is 5. The third-order valence-electron chi connectivity index (χ3n) is 2.91. The first-order valence-electron chi connectivity index (χ1n) is 5.79. The second-order valence-electron chi connectivity index (χ2n) is 3.76. The minimum absolute atomic E-state index is 0.0437. The van der Waals surface area contributed by atoms with E-state index in [4.69, 9.17) is 0 Å². The third kappa shape index (κ3) is 2.71. The normalized spacial score (nSPS) is 12.5. The standard InChI is InChI=1S/C14H20O2/c1-3-11(9-15)13(4-2)14-8-6-5-7-12(14)10-16/h5-8,15-16H,3-4,9-10H2,1-2H3/b13-11-. The van der Waals surface area contributed by atoms with Gasteiger partial charge < -0.3 is 10.2 Å². The van der Waals surface area contributed by atoms with E-state index in [2.05, 4.69) is 6.92 Å². The molecule has 0 atom stereocenters. The molecule has 0 aliphatic heterocycles. The molecule has 1 aromatic carbocycles. The predicted molar refractivity (Wildman–Crippen MR) is 67.0 cm³/mol. The third-order valence-corrected chi connectivity index (χ3v) is 2.91. The zero-order chi connectivity index (χ0) is 12.0. The Hall–Kier alpha value is -1.12. The van der Waals surface area contributed by atoms with E-state index in [-0.39, 0.29) is 13.2 Å². The van der Waals surface area contributed by atoms with Gasteiger partial charge in [0.2, 0.25) is 0 Å². The smallest absolute Gasteiger partial charge is 0.0687 e. The number of hydrogen-bond donors (Lipinski definition) is 2. The highest BCUT2D eigenvalue weighted by atomic mass is 16.3. The van der Waals surface area contributed by atoms with Gasteiger partial charge in [0.25, 0.3) is 0 Å². The summed E-state index contributed by atoms with van der Waals surface area (Å²) in [5.74, 6) is 0. The maximum absolute atomic E-state index is 9.33. The Balaban J connectivity index is 3.27. The molecule has 0 aliphatic carbocycles. The van der Waals surface area contributed by atoms with Crippen molar-refractivity contribution < 1.29 is 10.2 Å². The van der Waals surface area contributed by atoms with Gasteiger partial charge in [-0.15, -0.1) is 0 Å². The van der Waals surface area contributed by atoms with Gasteiger partial charge in [0.05, 0.1) is 13.2 Å². The van der Waals surface area contributed by atoms with Crippen LogP contribution in [0.4, 0.5) is 0 Å². The van der Waals surface area contributed by atoms with Crippen molar-refractivity contribution in [3.8, 4) is 0 Å². The molecule has 0 aromatic heterocycles. The average molecular weight is 220 g/mol. The topological polar surface area (TPSA) is 40.5 Å². The molecule has 0 saturated carbocycles. The summed E-state index contributed by atoms with van der Waals surface area (Å²) in [4.78, 5) is 0. The van der Waals surface area contributed by atoms with Crippen LogP contribution in [0, 0.1) is 0 Å². The van der Waals surface area contributed by atoms with Gasteiger partial charge in [0.15, 0.2) is 0 Å². The summed E-state index contributed by atoms with van der Waals surface area (Å²) in [6, 6.07) is 7.83. The van der Waals surface area contributed by atoms with E-state index >= 15 is 0 Å². The van der Waals surface area contributed by atoms with E-state index in [0.29, 0.717) is 0 Å². The highest BCUT2D eigenvalue weighted by Crippen LogP contribution is 2.26. The lowest BCUT2D eigenvalue weighted by atomic mass is 9.93. The Bertz CT molecular complexity index is 361. The molecular weight excluding hydrogens is 200 g/mol. The van der Waals surface area contributed by atoms with Crippen LogP contribution in [-0.4, -0.2) is 16.8 Å². The first-order valence-corrected chi connectivity index (χ1v) is 5.79. The van der Waals surface area contributed by atoms with Crippen LogP contribution in [0.3, 0.4) is 0 Å². The van der Waals surface area contributed by atoms with E-state index < -0.39 is 0 Å². The van der Waals surface area contributed by atoms with Crippen molar-refractivity contribution in [2.24, 2.45) is 0 Å². The van der Waals surface area contributed by atoms with Crippen molar-refractivity contribution >= 4 is 5.57 Å². The number of allylic oxidation sites excluding steroid dienone is 1. The zero-order valence-corrected chi connectivity index (χ0v) is 10.0. The predicted octanol–water partition coefficient (Wildman–Crippen LogP) is 2.74. The lowest BCUT2D eigenvalue weighted by Crippen LogP contribution is -1.99. The van der Waals surface area contributed by atoms with E-state index in [1.807, 2.05) is 31.2 Å². The van der Waals surface area contributed by atoms with Crippen LogP contribution >= 0.6 is 0 Å². The number of aliphatic hydroxyl groups excluding tert-OH is 2. The summed E-state index contributed by atoms with van der Waals surface area (Å²) in [6.45, 7) is 4.26. The minimum Gasteiger partial charge on any atom is -0.392 e. The second kappa shape index (κ2) is 6.46. The molecule has 2 heteroatoms. The molecule has 0 bridgehead atoms. The Morgan fingerprint density at radius 1 is 1.06 bits per heavy atom. The first-order chi connectivity index (χ1) is 7.78. The van der Waals surface area contributed by atoms with Crippen molar-refractivity contribution in [2.75, 3.05) is 6.61 Å². The lowest BCUT2D eigenvalue weighted by molar-refractivity contribution is 0.281. The monoisotopic (exact) mass is 220 g/mol. The Morgan fingerprint density at radius 2 is 1.75 bits per heavy atom. The van der Waals surface area contributed by atoms with Crippen molar-refractivity contribution in [1.82, 2.24) is 0 Å². The van der Waals surface area contributed by atoms with E-state index in [1.54, 1.807) is 0 Å². The summed E-state index contributed by atoms with van der Waals surface area (Å²) in [5.41, 5.74) is 4.22. The van der Waals surface area contributed by atoms with Gasteiger partial charge in [0.1, 0.15) is 0 Å². The number of aliphatic hydroxyl groups is 2. The van der Waals surface area contributed by atoms with Crippen molar-refractivity contribution in [3.63, 3.8) is 0 Å². The van der Waals surface area contributed by atoms with Gasteiger partial charge in [-0.25, -0.2) is 0 Å². The van der Waals surface area contributed by atoms with Crippen LogP contribution < -0.4 is 0 Å². The largest absolute Gasteiger partial charge is 0.392 e. The Labute approximate surface area is 97.2 Å². The zero-order valence-electron chi connectivity index (χ0n) is 10.0. The van der Waals surface area contributed by atoms with Gasteiger partial charge >= 0.3 is 0 Å². The van der Waals surface area contributed by atoms with E-state index in [0.717, 1.165) is 35.1 Å². The highest BCUT2D eigenvalue weighted by Gasteiger charge is 2.09. The van der Waals surface area contributed by atoms with Gasteiger partial charge in [-0.3, -0.25) is 0 Å². The molecule has 0 fully saturated rings. The molecular formula is C14H20O2. The lowest BCUT2D eigenvalue weighted by Gasteiger charge is -2.14. The molecule has 0 spiro atoms. The van der Waals surface area contributed by atoms with Gasteiger partial charge in [-0.2, -0.15) is 0 Å². The molecule has 0 heterocycles. The molecule has 16 heavy (non-hydrogen) atoms. The molecule has 1 rings (SSSR count). The second-order valence-corrected chi connectivity index (χ2v) is 3.76. The summed E-state index contributed by atoms with van der Waals surface area (Å²) in [6.07, 6.45) is 1.72. The van der Waals surface area contributed by atoms with Crippen LogP contribution in [0.15, 0.2) is 29.8 Å². The molecule has 0 amide bonds. The highest BCUT2D eigenvalue weighted by molar-refractivity contribution is 5.71. The fourth-order valence-corrected chi connectivity index (χ4v) is 2.00. The summed E-state index contributed by atoms with van der Waals surface area (Å²) < 4.78 is 0. The maximum atomic E-state index is 9.33.